The molecule has 0 radical (unpaired) electrons. The number of ether oxygens (including phenoxy) is 1. The Bertz CT molecular complexity index is 1340. The fourth-order valence-electron chi connectivity index (χ4n) is 3.93. The van der Waals surface area contributed by atoms with Crippen molar-refractivity contribution in [2.75, 3.05) is 29.9 Å². The van der Waals surface area contributed by atoms with Crippen LogP contribution < -0.4 is 10.6 Å². The first-order valence-corrected chi connectivity index (χ1v) is 17.9. The van der Waals surface area contributed by atoms with E-state index in [4.69, 9.17) is 14.5 Å². The van der Waals surface area contributed by atoms with Gasteiger partial charge in [0.05, 0.1) is 17.8 Å². The zero-order chi connectivity index (χ0) is 30.4. The molecule has 2 unspecified atom stereocenters. The van der Waals surface area contributed by atoms with Gasteiger partial charge in [0.15, 0.2) is 23.2 Å². The van der Waals surface area contributed by atoms with Gasteiger partial charge in [-0.2, -0.15) is 4.31 Å². The van der Waals surface area contributed by atoms with E-state index in [2.05, 4.69) is 50.1 Å². The third-order valence-electron chi connectivity index (χ3n) is 5.66. The van der Waals surface area contributed by atoms with E-state index in [1.807, 2.05) is 0 Å². The van der Waals surface area contributed by atoms with E-state index in [-0.39, 0.29) is 16.9 Å². The van der Waals surface area contributed by atoms with Crippen molar-refractivity contribution in [3.63, 3.8) is 0 Å². The normalized spacial score (nSPS) is 24.2. The Balaban J connectivity index is 1.60. The number of halogens is 1. The summed E-state index contributed by atoms with van der Waals surface area (Å²) >= 11 is 3.08. The predicted molar refractivity (Wildman–Crippen MR) is 144 cm³/mol. The number of nitrogens with zero attached hydrogens (tertiary/aromatic N) is 4. The third kappa shape index (κ3) is 10.1. The highest BCUT2D eigenvalue weighted by Gasteiger charge is 2.49. The summed E-state index contributed by atoms with van der Waals surface area (Å²) in [7, 11) is -16.4. The van der Waals surface area contributed by atoms with Gasteiger partial charge >= 0.3 is 23.2 Å². The summed E-state index contributed by atoms with van der Waals surface area (Å²) in [5.41, 5.74) is 0.506. The third-order valence-corrected chi connectivity index (χ3v) is 10.5. The van der Waals surface area contributed by atoms with Gasteiger partial charge < -0.3 is 45.2 Å². The number of rotatable bonds is 16. The summed E-state index contributed by atoms with van der Waals surface area (Å²) in [6, 6.07) is 0. The first-order valence-electron chi connectivity index (χ1n) is 12.0. The maximum Gasteiger partial charge on any atom is 0.488 e. The lowest BCUT2D eigenvalue weighted by Crippen LogP contribution is -2.33. The lowest BCUT2D eigenvalue weighted by molar-refractivity contribution is -0.118. The van der Waals surface area contributed by atoms with Gasteiger partial charge in [0.1, 0.15) is 24.6 Å². The van der Waals surface area contributed by atoms with Crippen molar-refractivity contribution in [2.24, 2.45) is 0 Å². The van der Waals surface area contributed by atoms with Crippen LogP contribution in [0.5, 0.6) is 0 Å². The molecule has 19 nitrogen and oxygen atoms in total. The van der Waals surface area contributed by atoms with E-state index >= 15 is 0 Å². The molecule has 0 saturated carbocycles. The number of imidazole rings is 1. The predicted octanol–water partition coefficient (Wildman–Crippen LogP) is 0.341. The van der Waals surface area contributed by atoms with Crippen LogP contribution in [-0.2, 0) is 31.8 Å². The maximum atomic E-state index is 12.3. The molecular formula is C18H30BrN6O13P3. The Morgan fingerprint density at radius 3 is 2.34 bits per heavy atom. The number of hydrogen-bond acceptors (Lipinski definition) is 13. The van der Waals surface area contributed by atoms with Crippen molar-refractivity contribution in [2.45, 2.75) is 50.2 Å². The van der Waals surface area contributed by atoms with Gasteiger partial charge in [0, 0.05) is 13.1 Å². The highest BCUT2D eigenvalue weighted by Crippen LogP contribution is 2.66. The molecule has 0 spiro atoms. The van der Waals surface area contributed by atoms with Crippen LogP contribution in [-0.4, -0.2) is 98.1 Å². The SMILES string of the molecule is O=C(CBr)NCCCCCCNc1ncnc2c1ncn2[C@@H]1O[C@H](CP(=O)(O)OP(=O)(O)OP(=O)(O)O)[C@@H](O)[C@H]1O. The molecule has 8 N–H and O–H groups in total. The fraction of sp³-hybridized carbons (Fsp3) is 0.667. The zero-order valence-electron chi connectivity index (χ0n) is 21.2. The quantitative estimate of drug-likeness (QED) is 0.0662. The van der Waals surface area contributed by atoms with Crippen LogP contribution in [0.4, 0.5) is 5.82 Å². The number of carbonyl (C=O) groups excluding carboxylic acids is 1. The molecule has 1 saturated heterocycles. The van der Waals surface area contributed by atoms with Gasteiger partial charge in [0.2, 0.25) is 5.91 Å². The average Bonchev–Trinajstić information content (AvgIpc) is 3.39. The number of nitrogens with one attached hydrogen (secondary N) is 2. The van der Waals surface area contributed by atoms with Gasteiger partial charge in [-0.25, -0.2) is 28.4 Å². The lowest BCUT2D eigenvalue weighted by Gasteiger charge is -2.20. The lowest BCUT2D eigenvalue weighted by atomic mass is 10.1. The molecular weight excluding hydrogens is 681 g/mol. The molecule has 3 heterocycles. The largest absolute Gasteiger partial charge is 0.488 e. The van der Waals surface area contributed by atoms with Crippen LogP contribution in [0.1, 0.15) is 31.9 Å². The fourth-order valence-corrected chi connectivity index (χ4v) is 7.91. The number of hydrogen-bond donors (Lipinski definition) is 8. The molecule has 2 aromatic heterocycles. The number of phosphoric acid groups is 2. The number of aromatic nitrogens is 4. The van der Waals surface area contributed by atoms with Crippen molar-refractivity contribution in [3.05, 3.63) is 12.7 Å². The smallest absolute Gasteiger partial charge is 0.387 e. The molecule has 0 aromatic carbocycles. The van der Waals surface area contributed by atoms with E-state index in [0.29, 0.717) is 24.4 Å². The number of aliphatic hydroxyl groups is 2. The second kappa shape index (κ2) is 14.4. The molecule has 1 fully saturated rings. The van der Waals surface area contributed by atoms with Crippen molar-refractivity contribution >= 4 is 62.1 Å². The van der Waals surface area contributed by atoms with Gasteiger partial charge in [-0.05, 0) is 12.8 Å². The molecule has 1 aliphatic heterocycles. The summed E-state index contributed by atoms with van der Waals surface area (Å²) < 4.78 is 49.1. The minimum absolute atomic E-state index is 0.0637. The van der Waals surface area contributed by atoms with Crippen LogP contribution in [0.25, 0.3) is 11.2 Å². The Kier molecular flexibility index (Phi) is 12.0. The minimum atomic E-state index is -5.68. The van der Waals surface area contributed by atoms with Gasteiger partial charge in [-0.1, -0.05) is 28.8 Å². The first kappa shape index (κ1) is 34.1. The summed E-state index contributed by atoms with van der Waals surface area (Å²) in [6.45, 7) is 1.16. The van der Waals surface area contributed by atoms with Gasteiger partial charge in [0.25, 0.3) is 0 Å². The molecule has 41 heavy (non-hydrogen) atoms. The molecule has 0 aliphatic carbocycles. The second-order valence-electron chi connectivity index (χ2n) is 8.86. The number of alkyl halides is 1. The van der Waals surface area contributed by atoms with Crippen LogP contribution in [0.2, 0.25) is 0 Å². The topological polar surface area (TPSA) is 285 Å². The van der Waals surface area contributed by atoms with E-state index in [0.717, 1.165) is 25.7 Å². The van der Waals surface area contributed by atoms with E-state index in [9.17, 15) is 38.5 Å². The van der Waals surface area contributed by atoms with E-state index in [1.165, 1.54) is 17.2 Å². The monoisotopic (exact) mass is 710 g/mol. The van der Waals surface area contributed by atoms with Gasteiger partial charge in [-0.3, -0.25) is 13.9 Å². The van der Waals surface area contributed by atoms with Crippen LogP contribution >= 0.6 is 39.2 Å². The molecule has 3 rings (SSSR count). The van der Waals surface area contributed by atoms with Crippen molar-refractivity contribution in [1.29, 1.82) is 0 Å². The summed E-state index contributed by atoms with van der Waals surface area (Å²) in [6.07, 6.45) is -1.63. The van der Waals surface area contributed by atoms with Crippen LogP contribution in [0.3, 0.4) is 0 Å². The van der Waals surface area contributed by atoms with E-state index < -0.39 is 53.9 Å². The Hall–Kier alpha value is -1.37. The highest BCUT2D eigenvalue weighted by molar-refractivity contribution is 9.09. The molecule has 2 aromatic rings. The standard InChI is InChI=1S/C18H30BrN6O13P3/c19-7-12(26)20-5-3-1-2-4-6-21-16-13-17(23-9-22-16)25(10-24-13)18-15(28)14(27)11(36-18)8-39(29,30)37-41(34,35)38-40(31,32)33/h9-11,14-15,18,27-28H,1-8H2,(H,20,26)(H,29,30)(H,34,35)(H,21,22,23)(H2,31,32,33)/t11-,14-,15-,18-/m1/s1. The Labute approximate surface area is 241 Å². The number of carbonyl (C=O) groups is 1. The second-order valence-corrected chi connectivity index (χ2v) is 14.3. The number of amides is 1. The molecule has 23 heteroatoms. The van der Waals surface area contributed by atoms with Crippen molar-refractivity contribution < 1.29 is 61.6 Å². The zero-order valence-corrected chi connectivity index (χ0v) is 25.4. The molecule has 232 valence electrons. The summed E-state index contributed by atoms with van der Waals surface area (Å²) in [5, 5.41) is 27.2. The molecule has 0 bridgehead atoms. The van der Waals surface area contributed by atoms with Gasteiger partial charge in [-0.15, -0.1) is 0 Å². The van der Waals surface area contributed by atoms with E-state index in [1.54, 1.807) is 0 Å². The molecule has 1 amide bonds. The maximum absolute atomic E-state index is 12.3. The number of aliphatic hydroxyl groups excluding tert-OH is 2. The number of fused-ring (bicyclic) bond motifs is 1. The Morgan fingerprint density at radius 2 is 1.68 bits per heavy atom. The first-order chi connectivity index (χ1) is 19.1. The average molecular weight is 711 g/mol. The number of unbranched alkanes of at least 4 members (excludes halogenated alkanes) is 3. The van der Waals surface area contributed by atoms with Crippen molar-refractivity contribution in [3.8, 4) is 0 Å². The summed E-state index contributed by atoms with van der Waals surface area (Å²) in [5.74, 6) is 0.325. The highest BCUT2D eigenvalue weighted by atomic mass is 79.9. The van der Waals surface area contributed by atoms with Crippen LogP contribution in [0, 0.1) is 0 Å². The minimum Gasteiger partial charge on any atom is -0.387 e. The molecule has 6 atom stereocenters. The molecule has 1 aliphatic rings. The number of anilines is 1. The summed E-state index contributed by atoms with van der Waals surface area (Å²) in [4.78, 5) is 60.4. The van der Waals surface area contributed by atoms with Crippen LogP contribution in [0.15, 0.2) is 12.7 Å². The van der Waals surface area contributed by atoms with Crippen molar-refractivity contribution in [1.82, 2.24) is 24.8 Å². The Morgan fingerprint density at radius 1 is 1.00 bits per heavy atom.